The van der Waals surface area contributed by atoms with Crippen LogP contribution in [0.25, 0.3) is 0 Å². The molecule has 0 aliphatic heterocycles. The molecule has 1 aliphatic carbocycles. The lowest BCUT2D eigenvalue weighted by atomic mass is 9.95. The van der Waals surface area contributed by atoms with Crippen molar-refractivity contribution in [3.63, 3.8) is 0 Å². The van der Waals surface area contributed by atoms with Crippen LogP contribution in [0.15, 0.2) is 36.4 Å². The third-order valence-corrected chi connectivity index (χ3v) is 6.88. The van der Waals surface area contributed by atoms with Crippen LogP contribution in [0, 0.1) is 0 Å². The SMILES string of the molecule is COc1cc(OC)cc(OCC(=O)N(Cc2ccc(Cl)c(Cl)c2)[C@@H](C)C(=O)NC2CCCCC2)c1. The summed E-state index contributed by atoms with van der Waals surface area (Å²) in [4.78, 5) is 27.9. The van der Waals surface area contributed by atoms with Crippen LogP contribution in [-0.2, 0) is 16.1 Å². The summed E-state index contributed by atoms with van der Waals surface area (Å²) >= 11 is 12.2. The average molecular weight is 523 g/mol. The minimum absolute atomic E-state index is 0.140. The Hall–Kier alpha value is -2.64. The standard InChI is InChI=1S/C26H32Cl2N2O5/c1-17(26(32)29-19-7-5-4-6-8-19)30(15-18-9-10-23(27)24(28)11-18)25(31)16-35-22-13-20(33-2)12-21(14-22)34-3/h9-14,17,19H,4-8,15-16H2,1-3H3,(H,29,32)/t17-/m0/s1. The van der Waals surface area contributed by atoms with Crippen molar-refractivity contribution < 1.29 is 23.8 Å². The summed E-state index contributed by atoms with van der Waals surface area (Å²) in [6, 6.07) is 9.63. The summed E-state index contributed by atoms with van der Waals surface area (Å²) in [7, 11) is 3.07. The fraction of sp³-hybridized carbons (Fsp3) is 0.462. The van der Waals surface area contributed by atoms with Gasteiger partial charge in [0.2, 0.25) is 5.91 Å². The van der Waals surface area contributed by atoms with E-state index in [1.54, 1.807) is 43.3 Å². The van der Waals surface area contributed by atoms with Crippen molar-refractivity contribution >= 4 is 35.0 Å². The van der Waals surface area contributed by atoms with Crippen LogP contribution in [0.2, 0.25) is 10.0 Å². The number of benzene rings is 2. The van der Waals surface area contributed by atoms with Crippen LogP contribution in [-0.4, -0.2) is 49.6 Å². The molecule has 0 bridgehead atoms. The van der Waals surface area contributed by atoms with Gasteiger partial charge in [-0.05, 0) is 37.5 Å². The van der Waals surface area contributed by atoms with E-state index in [0.29, 0.717) is 27.3 Å². The zero-order chi connectivity index (χ0) is 25.4. The number of rotatable bonds is 10. The number of ether oxygens (including phenoxy) is 3. The van der Waals surface area contributed by atoms with E-state index < -0.39 is 6.04 Å². The molecular weight excluding hydrogens is 491 g/mol. The molecule has 1 saturated carbocycles. The highest BCUT2D eigenvalue weighted by Crippen LogP contribution is 2.28. The number of methoxy groups -OCH3 is 2. The van der Waals surface area contributed by atoms with Gasteiger partial charge in [0, 0.05) is 30.8 Å². The molecule has 2 aromatic carbocycles. The Morgan fingerprint density at radius 3 is 2.20 bits per heavy atom. The summed E-state index contributed by atoms with van der Waals surface area (Å²) in [5.74, 6) is 0.972. The number of halogens is 2. The highest BCUT2D eigenvalue weighted by atomic mass is 35.5. The van der Waals surface area contributed by atoms with Crippen molar-refractivity contribution in [1.29, 1.82) is 0 Å². The van der Waals surface area contributed by atoms with Crippen LogP contribution < -0.4 is 19.5 Å². The van der Waals surface area contributed by atoms with E-state index in [4.69, 9.17) is 37.4 Å². The molecule has 0 radical (unpaired) electrons. The molecule has 1 atom stereocenters. The van der Waals surface area contributed by atoms with Crippen LogP contribution in [0.4, 0.5) is 0 Å². The van der Waals surface area contributed by atoms with Gasteiger partial charge in [-0.2, -0.15) is 0 Å². The van der Waals surface area contributed by atoms with Crippen LogP contribution in [0.1, 0.15) is 44.6 Å². The van der Waals surface area contributed by atoms with Crippen molar-refractivity contribution in [2.45, 2.75) is 57.7 Å². The average Bonchev–Trinajstić information content (AvgIpc) is 2.87. The lowest BCUT2D eigenvalue weighted by Crippen LogP contribution is -2.51. The summed E-state index contributed by atoms with van der Waals surface area (Å²) in [6.45, 7) is 1.64. The van der Waals surface area contributed by atoms with Gasteiger partial charge in [0.05, 0.1) is 24.3 Å². The Labute approximate surface area is 216 Å². The minimum atomic E-state index is -0.706. The summed E-state index contributed by atoms with van der Waals surface area (Å²) < 4.78 is 16.3. The molecule has 0 spiro atoms. The van der Waals surface area contributed by atoms with Crippen LogP contribution in [0.5, 0.6) is 17.2 Å². The second-order valence-corrected chi connectivity index (χ2v) is 9.44. The third kappa shape index (κ3) is 7.67. The largest absolute Gasteiger partial charge is 0.496 e. The number of carbonyl (C=O) groups is 2. The molecule has 0 aromatic heterocycles. The molecule has 2 aromatic rings. The van der Waals surface area contributed by atoms with E-state index in [1.165, 1.54) is 25.5 Å². The zero-order valence-corrected chi connectivity index (χ0v) is 21.8. The van der Waals surface area contributed by atoms with Gasteiger partial charge >= 0.3 is 0 Å². The number of carbonyl (C=O) groups excluding carboxylic acids is 2. The monoisotopic (exact) mass is 522 g/mol. The topological polar surface area (TPSA) is 77.1 Å². The third-order valence-electron chi connectivity index (χ3n) is 6.14. The van der Waals surface area contributed by atoms with Crippen molar-refractivity contribution in [2.75, 3.05) is 20.8 Å². The maximum Gasteiger partial charge on any atom is 0.261 e. The van der Waals surface area contributed by atoms with E-state index in [9.17, 15) is 9.59 Å². The first-order valence-electron chi connectivity index (χ1n) is 11.7. The fourth-order valence-corrected chi connectivity index (χ4v) is 4.40. The number of hydrogen-bond donors (Lipinski definition) is 1. The number of hydrogen-bond acceptors (Lipinski definition) is 5. The molecule has 0 heterocycles. The Kier molecular flexibility index (Phi) is 9.93. The highest BCUT2D eigenvalue weighted by Gasteiger charge is 2.28. The molecule has 1 aliphatic rings. The smallest absolute Gasteiger partial charge is 0.261 e. The van der Waals surface area contributed by atoms with Gasteiger partial charge in [0.1, 0.15) is 23.3 Å². The lowest BCUT2D eigenvalue weighted by Gasteiger charge is -2.31. The fourth-order valence-electron chi connectivity index (χ4n) is 4.08. The van der Waals surface area contributed by atoms with Gasteiger partial charge < -0.3 is 24.4 Å². The van der Waals surface area contributed by atoms with Gasteiger partial charge in [-0.3, -0.25) is 9.59 Å². The van der Waals surface area contributed by atoms with E-state index in [-0.39, 0.29) is 31.0 Å². The maximum absolute atomic E-state index is 13.3. The number of amides is 2. The summed E-state index contributed by atoms with van der Waals surface area (Å²) in [5.41, 5.74) is 0.758. The molecule has 2 amide bonds. The number of nitrogens with one attached hydrogen (secondary N) is 1. The Morgan fingerprint density at radius 2 is 1.60 bits per heavy atom. The highest BCUT2D eigenvalue weighted by molar-refractivity contribution is 6.42. The van der Waals surface area contributed by atoms with Gasteiger partial charge in [0.15, 0.2) is 6.61 Å². The van der Waals surface area contributed by atoms with Crippen LogP contribution in [0.3, 0.4) is 0 Å². The summed E-state index contributed by atoms with van der Waals surface area (Å²) in [6.07, 6.45) is 5.31. The molecule has 0 unspecified atom stereocenters. The molecule has 1 N–H and O–H groups in total. The normalized spacial score (nSPS) is 14.7. The molecule has 35 heavy (non-hydrogen) atoms. The maximum atomic E-state index is 13.3. The molecule has 190 valence electrons. The molecule has 0 saturated heterocycles. The number of nitrogens with zero attached hydrogens (tertiary/aromatic N) is 1. The van der Waals surface area contributed by atoms with Gasteiger partial charge in [-0.1, -0.05) is 48.5 Å². The van der Waals surface area contributed by atoms with E-state index >= 15 is 0 Å². The Bertz CT molecular complexity index is 1000. The molecule has 1 fully saturated rings. The predicted molar refractivity (Wildman–Crippen MR) is 137 cm³/mol. The van der Waals surface area contributed by atoms with Crippen molar-refractivity contribution in [3.05, 3.63) is 52.0 Å². The van der Waals surface area contributed by atoms with E-state index in [0.717, 1.165) is 31.2 Å². The van der Waals surface area contributed by atoms with Crippen LogP contribution >= 0.6 is 23.2 Å². The first-order chi connectivity index (χ1) is 16.8. The molecule has 9 heteroatoms. The second kappa shape index (κ2) is 12.9. The Balaban J connectivity index is 1.76. The van der Waals surface area contributed by atoms with Gasteiger partial charge in [0.25, 0.3) is 5.91 Å². The van der Waals surface area contributed by atoms with Crippen molar-refractivity contribution in [2.24, 2.45) is 0 Å². The Morgan fingerprint density at radius 1 is 0.971 bits per heavy atom. The van der Waals surface area contributed by atoms with Crippen molar-refractivity contribution in [1.82, 2.24) is 10.2 Å². The van der Waals surface area contributed by atoms with Gasteiger partial charge in [-0.15, -0.1) is 0 Å². The lowest BCUT2D eigenvalue weighted by molar-refractivity contribution is -0.142. The summed E-state index contributed by atoms with van der Waals surface area (Å²) in [5, 5.41) is 3.92. The quantitative estimate of drug-likeness (QED) is 0.460. The minimum Gasteiger partial charge on any atom is -0.496 e. The zero-order valence-electron chi connectivity index (χ0n) is 20.3. The van der Waals surface area contributed by atoms with E-state index in [2.05, 4.69) is 5.32 Å². The second-order valence-electron chi connectivity index (χ2n) is 8.63. The first kappa shape index (κ1) is 27.0. The molecular formula is C26H32Cl2N2O5. The van der Waals surface area contributed by atoms with Crippen molar-refractivity contribution in [3.8, 4) is 17.2 Å². The first-order valence-corrected chi connectivity index (χ1v) is 12.5. The molecule has 7 nitrogen and oxygen atoms in total. The predicted octanol–water partition coefficient (Wildman–Crippen LogP) is 5.26. The van der Waals surface area contributed by atoms with E-state index in [1.807, 2.05) is 0 Å². The molecule has 3 rings (SSSR count). The van der Waals surface area contributed by atoms with Gasteiger partial charge in [-0.25, -0.2) is 0 Å².